The third-order valence-corrected chi connectivity index (χ3v) is 5.86. The summed E-state index contributed by atoms with van der Waals surface area (Å²) < 4.78 is 28.7. The van der Waals surface area contributed by atoms with Crippen LogP contribution < -0.4 is 5.73 Å². The molecule has 0 saturated carbocycles. The van der Waals surface area contributed by atoms with Crippen molar-refractivity contribution < 1.29 is 8.42 Å². The van der Waals surface area contributed by atoms with Crippen molar-refractivity contribution in [3.63, 3.8) is 0 Å². The molecule has 0 unspecified atom stereocenters. The fourth-order valence-corrected chi connectivity index (χ4v) is 4.18. The van der Waals surface area contributed by atoms with Crippen molar-refractivity contribution >= 4 is 26.0 Å². The number of rotatable bonds is 5. The fraction of sp³-hybridized carbons (Fsp3) is 0.308. The largest absolute Gasteiger partial charge is 0.326 e. The van der Waals surface area contributed by atoms with Crippen molar-refractivity contribution in [1.29, 1.82) is 0 Å². The predicted molar refractivity (Wildman–Crippen MR) is 83.9 cm³/mol. The zero-order valence-corrected chi connectivity index (χ0v) is 14.2. The van der Waals surface area contributed by atoms with E-state index < -0.39 is 10.0 Å². The normalized spacial score (nSPS) is 12.0. The van der Waals surface area contributed by atoms with Gasteiger partial charge in [0.25, 0.3) is 0 Å². The monoisotopic (exact) mass is 372 g/mol. The zero-order valence-electron chi connectivity index (χ0n) is 11.8. The summed E-state index contributed by atoms with van der Waals surface area (Å²) >= 11 is 3.30. The minimum Gasteiger partial charge on any atom is -0.326 e. The van der Waals surface area contributed by atoms with Crippen LogP contribution in [0.1, 0.15) is 11.1 Å². The van der Waals surface area contributed by atoms with Crippen LogP contribution in [-0.4, -0.2) is 29.6 Å². The lowest BCUT2D eigenvalue weighted by Gasteiger charge is -2.17. The van der Waals surface area contributed by atoms with E-state index in [4.69, 9.17) is 5.73 Å². The van der Waals surface area contributed by atoms with Crippen LogP contribution in [0.5, 0.6) is 0 Å². The highest BCUT2D eigenvalue weighted by atomic mass is 79.9. The molecule has 0 aliphatic carbocycles. The van der Waals surface area contributed by atoms with E-state index in [1.807, 2.05) is 0 Å². The summed E-state index contributed by atoms with van der Waals surface area (Å²) in [5.74, 6) is 0. The van der Waals surface area contributed by atoms with Gasteiger partial charge >= 0.3 is 0 Å². The molecule has 0 aliphatic rings. The molecule has 1 aromatic carbocycles. The number of aromatic nitrogens is 2. The van der Waals surface area contributed by atoms with Crippen LogP contribution in [0.2, 0.25) is 0 Å². The highest BCUT2D eigenvalue weighted by molar-refractivity contribution is 9.10. The maximum Gasteiger partial charge on any atom is 0.244 e. The molecule has 0 fully saturated rings. The van der Waals surface area contributed by atoms with Crippen molar-refractivity contribution in [1.82, 2.24) is 14.1 Å². The summed E-state index contributed by atoms with van der Waals surface area (Å²) in [6.07, 6.45) is 3.44. The Morgan fingerprint density at radius 3 is 2.62 bits per heavy atom. The Labute approximate surface area is 132 Å². The molecule has 1 heterocycles. The van der Waals surface area contributed by atoms with E-state index in [-0.39, 0.29) is 11.4 Å². The Hall–Kier alpha value is -1.22. The first kappa shape index (κ1) is 16.2. The summed E-state index contributed by atoms with van der Waals surface area (Å²) in [5.41, 5.74) is 7.25. The van der Waals surface area contributed by atoms with E-state index in [1.54, 1.807) is 49.4 Å². The van der Waals surface area contributed by atoms with Crippen LogP contribution in [0.25, 0.3) is 0 Å². The van der Waals surface area contributed by atoms with Crippen molar-refractivity contribution in [2.45, 2.75) is 18.0 Å². The van der Waals surface area contributed by atoms with E-state index in [2.05, 4.69) is 21.0 Å². The number of sulfonamides is 1. The van der Waals surface area contributed by atoms with Crippen LogP contribution in [0.3, 0.4) is 0 Å². The van der Waals surface area contributed by atoms with Gasteiger partial charge in [-0.2, -0.15) is 9.40 Å². The number of aryl methyl sites for hydroxylation is 1. The van der Waals surface area contributed by atoms with Gasteiger partial charge in [0.05, 0.1) is 11.1 Å². The minimum atomic E-state index is -3.57. The van der Waals surface area contributed by atoms with Gasteiger partial charge in [-0.1, -0.05) is 6.07 Å². The van der Waals surface area contributed by atoms with Gasteiger partial charge in [0.2, 0.25) is 10.0 Å². The van der Waals surface area contributed by atoms with Crippen LogP contribution >= 0.6 is 15.9 Å². The van der Waals surface area contributed by atoms with Crippen LogP contribution in [0.4, 0.5) is 0 Å². The third-order valence-electron chi connectivity index (χ3n) is 3.08. The van der Waals surface area contributed by atoms with E-state index >= 15 is 0 Å². The molecule has 21 heavy (non-hydrogen) atoms. The first-order chi connectivity index (χ1) is 9.84. The number of benzene rings is 1. The molecule has 0 saturated heterocycles. The van der Waals surface area contributed by atoms with Crippen LogP contribution in [-0.2, 0) is 30.2 Å². The average Bonchev–Trinajstić information content (AvgIpc) is 2.83. The second-order valence-corrected chi connectivity index (χ2v) is 7.62. The topological polar surface area (TPSA) is 81.2 Å². The highest BCUT2D eigenvalue weighted by Crippen LogP contribution is 2.26. The molecular weight excluding hydrogens is 356 g/mol. The molecule has 0 atom stereocenters. The summed E-state index contributed by atoms with van der Waals surface area (Å²) in [5, 5.41) is 4.04. The van der Waals surface area contributed by atoms with Crippen molar-refractivity contribution in [2.24, 2.45) is 12.8 Å². The lowest BCUT2D eigenvalue weighted by molar-refractivity contribution is 0.466. The first-order valence-electron chi connectivity index (χ1n) is 6.27. The molecule has 0 spiro atoms. The molecule has 2 aromatic rings. The summed E-state index contributed by atoms with van der Waals surface area (Å²) in [7, 11) is -0.236. The molecule has 114 valence electrons. The molecule has 6 nitrogen and oxygen atoms in total. The minimum absolute atomic E-state index is 0.228. The third kappa shape index (κ3) is 3.52. The van der Waals surface area contributed by atoms with E-state index in [0.717, 1.165) is 11.1 Å². The highest BCUT2D eigenvalue weighted by Gasteiger charge is 2.23. The Morgan fingerprint density at radius 1 is 1.38 bits per heavy atom. The Kier molecular flexibility index (Phi) is 4.82. The number of nitrogens with zero attached hydrogens (tertiary/aromatic N) is 3. The molecule has 0 radical (unpaired) electrons. The number of hydrogen-bond acceptors (Lipinski definition) is 4. The van der Waals surface area contributed by atoms with Gasteiger partial charge in [-0.3, -0.25) is 4.68 Å². The smallest absolute Gasteiger partial charge is 0.244 e. The maximum atomic E-state index is 12.6. The van der Waals surface area contributed by atoms with Crippen LogP contribution in [0.15, 0.2) is 40.0 Å². The second-order valence-electron chi connectivity index (χ2n) is 4.75. The molecule has 8 heteroatoms. The maximum absolute atomic E-state index is 12.6. The van der Waals surface area contributed by atoms with E-state index in [0.29, 0.717) is 11.0 Å². The van der Waals surface area contributed by atoms with Gasteiger partial charge in [-0.25, -0.2) is 8.42 Å². The van der Waals surface area contributed by atoms with Crippen molar-refractivity contribution in [2.75, 3.05) is 7.05 Å². The number of hydrogen-bond donors (Lipinski definition) is 1. The summed E-state index contributed by atoms with van der Waals surface area (Å²) in [4.78, 5) is 0.228. The predicted octanol–water partition coefficient (Wildman–Crippen LogP) is 1.46. The lowest BCUT2D eigenvalue weighted by Crippen LogP contribution is -2.26. The van der Waals surface area contributed by atoms with Gasteiger partial charge < -0.3 is 5.73 Å². The molecule has 0 bridgehead atoms. The fourth-order valence-electron chi connectivity index (χ4n) is 1.94. The van der Waals surface area contributed by atoms with E-state index in [1.165, 1.54) is 4.31 Å². The van der Waals surface area contributed by atoms with Gasteiger partial charge in [-0.05, 0) is 33.6 Å². The van der Waals surface area contributed by atoms with Gasteiger partial charge in [0, 0.05) is 43.4 Å². The Morgan fingerprint density at radius 2 is 2.10 bits per heavy atom. The number of halogens is 1. The van der Waals surface area contributed by atoms with Gasteiger partial charge in [0.1, 0.15) is 0 Å². The quantitative estimate of drug-likeness (QED) is 0.861. The molecule has 0 aliphatic heterocycles. The molecular formula is C13H17BrN4O2S. The van der Waals surface area contributed by atoms with Crippen LogP contribution in [0, 0.1) is 0 Å². The van der Waals surface area contributed by atoms with Crippen molar-refractivity contribution in [3.05, 3.63) is 46.2 Å². The average molecular weight is 373 g/mol. The van der Waals surface area contributed by atoms with E-state index in [9.17, 15) is 8.42 Å². The Bertz CT molecular complexity index is 742. The van der Waals surface area contributed by atoms with Crippen molar-refractivity contribution in [3.8, 4) is 0 Å². The summed E-state index contributed by atoms with van der Waals surface area (Å²) in [6, 6.07) is 5.02. The molecule has 2 rings (SSSR count). The second kappa shape index (κ2) is 6.27. The first-order valence-corrected chi connectivity index (χ1v) is 8.50. The van der Waals surface area contributed by atoms with Gasteiger partial charge in [0.15, 0.2) is 0 Å². The molecule has 0 amide bonds. The van der Waals surface area contributed by atoms with Gasteiger partial charge in [-0.15, -0.1) is 0 Å². The number of nitrogens with two attached hydrogens (primary N) is 1. The summed E-state index contributed by atoms with van der Waals surface area (Å²) in [6.45, 7) is 0.631. The molecule has 2 N–H and O–H groups in total. The zero-order chi connectivity index (χ0) is 15.6. The lowest BCUT2D eigenvalue weighted by atomic mass is 10.2. The standard InChI is InChI=1S/C13H17BrN4O2S/c1-17-8-11(7-16-17)9-18(2)21(19,20)13-4-3-10(6-15)5-12(13)14/h3-5,7-8H,6,9,15H2,1-2H3. The molecule has 1 aromatic heterocycles. The Balaban J connectivity index is 2.28. The SMILES string of the molecule is CN(Cc1cnn(C)c1)S(=O)(=O)c1ccc(CN)cc1Br.